The molecule has 2 aromatic heterocycles. The molecule has 4 rings (SSSR count). The van der Waals surface area contributed by atoms with Crippen molar-refractivity contribution in [3.63, 3.8) is 0 Å². The summed E-state index contributed by atoms with van der Waals surface area (Å²) in [4.78, 5) is 16.9. The number of H-pyrrole nitrogens is 1. The van der Waals surface area contributed by atoms with Crippen molar-refractivity contribution in [2.24, 2.45) is 10.2 Å². The third-order valence-electron chi connectivity index (χ3n) is 4.51. The Hall–Kier alpha value is -3.12. The summed E-state index contributed by atoms with van der Waals surface area (Å²) in [5, 5.41) is 19.3. The molecule has 28 heavy (non-hydrogen) atoms. The average molecular weight is 394 g/mol. The number of amides is 1. The molecular formula is C19H18N6O2S. The maximum atomic E-state index is 12.8. The molecule has 0 aliphatic carbocycles. The van der Waals surface area contributed by atoms with Gasteiger partial charge in [-0.05, 0) is 6.07 Å². The highest BCUT2D eigenvalue weighted by Crippen LogP contribution is 2.36. The molecule has 142 valence electrons. The lowest BCUT2D eigenvalue weighted by atomic mass is 10.0. The molecule has 1 aliphatic heterocycles. The third-order valence-corrected chi connectivity index (χ3v) is 5.42. The number of hydrogen-bond acceptors (Lipinski definition) is 7. The molecule has 9 heteroatoms. The van der Waals surface area contributed by atoms with Crippen molar-refractivity contribution in [3.8, 4) is 12.3 Å². The summed E-state index contributed by atoms with van der Waals surface area (Å²) in [5.41, 5.74) is 1.09. The first-order valence-corrected chi connectivity index (χ1v) is 9.84. The number of carbonyl (C=O) groups excluding carboxylic acids is 1. The van der Waals surface area contributed by atoms with Gasteiger partial charge in [0.1, 0.15) is 11.9 Å². The Morgan fingerprint density at radius 1 is 1.32 bits per heavy atom. The molecule has 0 unspecified atom stereocenters. The predicted octanol–water partition coefficient (Wildman–Crippen LogP) is 3.54. The van der Waals surface area contributed by atoms with Gasteiger partial charge in [0.2, 0.25) is 0 Å². The zero-order valence-corrected chi connectivity index (χ0v) is 15.8. The number of aromatic amines is 1. The van der Waals surface area contributed by atoms with Crippen LogP contribution < -0.4 is 5.32 Å². The summed E-state index contributed by atoms with van der Waals surface area (Å²) in [6.45, 7) is 0.447. The minimum absolute atomic E-state index is 0.253. The van der Waals surface area contributed by atoms with E-state index in [-0.39, 0.29) is 5.91 Å². The number of nitrogens with one attached hydrogen (secondary N) is 2. The average Bonchev–Trinajstić information content (AvgIpc) is 3.13. The van der Waals surface area contributed by atoms with E-state index in [1.165, 1.54) is 18.1 Å². The zero-order valence-electron chi connectivity index (χ0n) is 15.0. The molecular weight excluding hydrogens is 376 g/mol. The fourth-order valence-corrected chi connectivity index (χ4v) is 3.76. The highest BCUT2D eigenvalue weighted by molar-refractivity contribution is 7.98. The van der Waals surface area contributed by atoms with E-state index in [9.17, 15) is 4.79 Å². The standard InChI is InChI=1S/C19H18N6O2S/c1-2-3-8-19(24-25-19)9-10-20-17(26)16-14(11-28-18-21-12-22-23-18)13-6-4-5-7-15(13)27-16/h1,4-7,12H,3,8-11H2,(H,20,26)(H,21,22,23). The van der Waals surface area contributed by atoms with Gasteiger partial charge in [0.05, 0.1) is 0 Å². The van der Waals surface area contributed by atoms with Gasteiger partial charge in [-0.1, -0.05) is 30.0 Å². The van der Waals surface area contributed by atoms with Crippen LogP contribution in [0.3, 0.4) is 0 Å². The number of aromatic nitrogens is 3. The van der Waals surface area contributed by atoms with Crippen molar-refractivity contribution in [1.82, 2.24) is 20.5 Å². The van der Waals surface area contributed by atoms with E-state index in [4.69, 9.17) is 10.8 Å². The second kappa shape index (κ2) is 7.86. The number of rotatable bonds is 9. The Morgan fingerprint density at radius 2 is 2.18 bits per heavy atom. The topological polar surface area (TPSA) is 109 Å². The molecule has 0 radical (unpaired) electrons. The SMILES string of the molecule is C#CCCC1(CCNC(=O)c2oc3ccccc3c2CSc2ncn[nH]2)N=N1. The quantitative estimate of drug-likeness (QED) is 0.426. The number of benzene rings is 1. The predicted molar refractivity (Wildman–Crippen MR) is 105 cm³/mol. The number of furan rings is 1. The van der Waals surface area contributed by atoms with Gasteiger partial charge in [-0.25, -0.2) is 4.98 Å². The molecule has 0 saturated heterocycles. The summed E-state index contributed by atoms with van der Waals surface area (Å²) in [7, 11) is 0. The van der Waals surface area contributed by atoms with E-state index in [1.807, 2.05) is 24.3 Å². The first-order chi connectivity index (χ1) is 13.7. The smallest absolute Gasteiger partial charge is 0.287 e. The number of carbonyl (C=O) groups is 1. The third kappa shape index (κ3) is 3.92. The van der Waals surface area contributed by atoms with Gasteiger partial charge in [0.25, 0.3) is 5.91 Å². The summed E-state index contributed by atoms with van der Waals surface area (Å²) in [6, 6.07) is 7.61. The zero-order chi connectivity index (χ0) is 19.4. The van der Waals surface area contributed by atoms with Gasteiger partial charge >= 0.3 is 0 Å². The molecule has 3 aromatic rings. The van der Waals surface area contributed by atoms with Crippen molar-refractivity contribution in [3.05, 3.63) is 41.9 Å². The van der Waals surface area contributed by atoms with E-state index in [2.05, 4.69) is 36.6 Å². The highest BCUT2D eigenvalue weighted by atomic mass is 32.2. The molecule has 0 bridgehead atoms. The van der Waals surface area contributed by atoms with Crippen LogP contribution in [0.5, 0.6) is 0 Å². The maximum absolute atomic E-state index is 12.8. The fourth-order valence-electron chi connectivity index (χ4n) is 2.95. The Balaban J connectivity index is 1.45. The molecule has 1 amide bonds. The van der Waals surface area contributed by atoms with Crippen LogP contribution in [0.15, 0.2) is 50.4 Å². The van der Waals surface area contributed by atoms with Crippen molar-refractivity contribution in [2.45, 2.75) is 35.8 Å². The van der Waals surface area contributed by atoms with Crippen LogP contribution in [0.1, 0.15) is 35.4 Å². The number of terminal acetylenes is 1. The number of thioether (sulfide) groups is 1. The van der Waals surface area contributed by atoms with Crippen molar-refractivity contribution in [1.29, 1.82) is 0 Å². The molecule has 1 aliphatic rings. The van der Waals surface area contributed by atoms with Crippen LogP contribution in [0.4, 0.5) is 0 Å². The Morgan fingerprint density at radius 3 is 2.93 bits per heavy atom. The van der Waals surface area contributed by atoms with E-state index in [0.717, 1.165) is 10.9 Å². The number of fused-ring (bicyclic) bond motifs is 1. The van der Waals surface area contributed by atoms with Crippen LogP contribution in [0.25, 0.3) is 11.0 Å². The lowest BCUT2D eigenvalue weighted by Gasteiger charge is -2.09. The van der Waals surface area contributed by atoms with Crippen LogP contribution in [-0.4, -0.2) is 33.3 Å². The molecule has 1 aromatic carbocycles. The molecule has 0 atom stereocenters. The van der Waals surface area contributed by atoms with Gasteiger partial charge in [-0.15, -0.1) is 12.3 Å². The van der Waals surface area contributed by atoms with Crippen molar-refractivity contribution < 1.29 is 9.21 Å². The van der Waals surface area contributed by atoms with E-state index in [0.29, 0.717) is 48.1 Å². The van der Waals surface area contributed by atoms with Crippen LogP contribution in [-0.2, 0) is 5.75 Å². The summed E-state index contributed by atoms with van der Waals surface area (Å²) in [6.07, 6.45) is 8.72. The number of hydrogen-bond donors (Lipinski definition) is 2. The second-order valence-electron chi connectivity index (χ2n) is 6.38. The number of nitrogens with zero attached hydrogens (tertiary/aromatic N) is 4. The first-order valence-electron chi connectivity index (χ1n) is 8.85. The second-order valence-corrected chi connectivity index (χ2v) is 7.34. The lowest BCUT2D eigenvalue weighted by molar-refractivity contribution is 0.0925. The molecule has 0 spiro atoms. The maximum Gasteiger partial charge on any atom is 0.287 e. The molecule has 8 nitrogen and oxygen atoms in total. The largest absolute Gasteiger partial charge is 0.451 e. The summed E-state index contributed by atoms with van der Waals surface area (Å²) >= 11 is 1.46. The van der Waals surface area contributed by atoms with Gasteiger partial charge < -0.3 is 9.73 Å². The van der Waals surface area contributed by atoms with Gasteiger partial charge in [0.15, 0.2) is 16.6 Å². The highest BCUT2D eigenvalue weighted by Gasteiger charge is 2.38. The van der Waals surface area contributed by atoms with Crippen molar-refractivity contribution >= 4 is 28.6 Å². The van der Waals surface area contributed by atoms with Crippen LogP contribution in [0.2, 0.25) is 0 Å². The molecule has 3 heterocycles. The fraction of sp³-hybridized carbons (Fsp3) is 0.316. The van der Waals surface area contributed by atoms with Gasteiger partial charge in [-0.3, -0.25) is 9.89 Å². The summed E-state index contributed by atoms with van der Waals surface area (Å²) < 4.78 is 5.85. The Labute approximate surface area is 165 Å². The molecule has 2 N–H and O–H groups in total. The van der Waals surface area contributed by atoms with Gasteiger partial charge in [0, 0.05) is 42.5 Å². The van der Waals surface area contributed by atoms with Crippen LogP contribution in [0, 0.1) is 12.3 Å². The monoisotopic (exact) mass is 394 g/mol. The summed E-state index contributed by atoms with van der Waals surface area (Å²) in [5.74, 6) is 3.20. The van der Waals surface area contributed by atoms with Gasteiger partial charge in [-0.2, -0.15) is 15.3 Å². The minimum atomic E-state index is -0.418. The van der Waals surface area contributed by atoms with E-state index < -0.39 is 5.66 Å². The Kier molecular flexibility index (Phi) is 5.12. The van der Waals surface area contributed by atoms with E-state index >= 15 is 0 Å². The molecule has 0 saturated carbocycles. The molecule has 0 fully saturated rings. The number of para-hydroxylation sites is 1. The van der Waals surface area contributed by atoms with Crippen molar-refractivity contribution in [2.75, 3.05) is 6.54 Å². The minimum Gasteiger partial charge on any atom is -0.451 e. The first kappa shape index (κ1) is 18.3. The van der Waals surface area contributed by atoms with E-state index in [1.54, 1.807) is 0 Å². The normalized spacial score (nSPS) is 14.1. The Bertz CT molecular complexity index is 1040. The van der Waals surface area contributed by atoms with Crippen LogP contribution >= 0.6 is 11.8 Å². The lowest BCUT2D eigenvalue weighted by Crippen LogP contribution is -2.28.